The second kappa shape index (κ2) is 7.16. The van der Waals surface area contributed by atoms with E-state index < -0.39 is 24.0 Å². The molecule has 1 N–H and O–H groups in total. The molecule has 2 aliphatic rings. The summed E-state index contributed by atoms with van der Waals surface area (Å²) < 4.78 is 0. The van der Waals surface area contributed by atoms with Crippen molar-refractivity contribution in [1.82, 2.24) is 0 Å². The number of hydrogen-bond donors (Lipinski definition) is 1. The van der Waals surface area contributed by atoms with E-state index in [1.54, 1.807) is 53.6 Å². The number of hydrogen-bond acceptors (Lipinski definition) is 5. The Morgan fingerprint density at radius 1 is 0.800 bits per heavy atom. The number of benzene rings is 3. The molecule has 2 amide bonds. The highest BCUT2D eigenvalue weighted by Gasteiger charge is 2.60. The fraction of sp³-hybridized carbons (Fsp3) is 0.130. The zero-order chi connectivity index (χ0) is 20.8. The largest absolute Gasteiger partial charge is 0.508 e. The maximum Gasteiger partial charge on any atom is 0.266 e. The van der Waals surface area contributed by atoms with E-state index in [4.69, 9.17) is 16.4 Å². The van der Waals surface area contributed by atoms with E-state index in [1.165, 1.54) is 0 Å². The molecule has 3 aromatic rings. The molecule has 7 heteroatoms. The van der Waals surface area contributed by atoms with Gasteiger partial charge in [-0.2, -0.15) is 0 Å². The fourth-order valence-electron chi connectivity index (χ4n) is 4.11. The van der Waals surface area contributed by atoms with E-state index in [-0.39, 0.29) is 11.7 Å². The molecule has 0 bridgehead atoms. The molecular weight excluding hydrogens is 404 g/mol. The number of imide groups is 1. The average molecular weight is 421 g/mol. The van der Waals surface area contributed by atoms with E-state index in [2.05, 4.69) is 0 Å². The standard InChI is InChI=1S/C23H17ClN2O4/c24-14-10-12-15(13-11-14)25-22(28)19-20(17-8-4-5-9-18(17)27)26(30-21(19)23(25)29)16-6-2-1-3-7-16/h1-13,19-21,27H/t19-,20+,21-/m1/s1. The minimum atomic E-state index is -0.988. The molecule has 150 valence electrons. The van der Waals surface area contributed by atoms with Crippen LogP contribution in [0.15, 0.2) is 78.9 Å². The van der Waals surface area contributed by atoms with Crippen molar-refractivity contribution in [3.8, 4) is 5.75 Å². The highest BCUT2D eigenvalue weighted by atomic mass is 35.5. The van der Waals surface area contributed by atoms with Gasteiger partial charge in [-0.15, -0.1) is 0 Å². The molecule has 3 atom stereocenters. The quantitative estimate of drug-likeness (QED) is 0.646. The van der Waals surface area contributed by atoms with Crippen molar-refractivity contribution in [2.75, 3.05) is 9.96 Å². The summed E-state index contributed by atoms with van der Waals surface area (Å²) in [5.74, 6) is -1.58. The van der Waals surface area contributed by atoms with E-state index >= 15 is 0 Å². The smallest absolute Gasteiger partial charge is 0.266 e. The van der Waals surface area contributed by atoms with Gasteiger partial charge >= 0.3 is 0 Å². The molecule has 0 aliphatic carbocycles. The number of carbonyl (C=O) groups is 2. The number of amides is 2. The van der Waals surface area contributed by atoms with Crippen molar-refractivity contribution < 1.29 is 19.5 Å². The first-order valence-corrected chi connectivity index (χ1v) is 9.86. The lowest BCUT2D eigenvalue weighted by Gasteiger charge is -2.29. The van der Waals surface area contributed by atoms with Gasteiger partial charge in [0.15, 0.2) is 6.10 Å². The number of carbonyl (C=O) groups excluding carboxylic acids is 2. The molecule has 0 aromatic heterocycles. The Hall–Kier alpha value is -3.35. The highest BCUT2D eigenvalue weighted by molar-refractivity contribution is 6.31. The number of phenolic OH excluding ortho intramolecular Hbond substituents is 1. The summed E-state index contributed by atoms with van der Waals surface area (Å²) in [5, 5.41) is 12.6. The van der Waals surface area contributed by atoms with Gasteiger partial charge in [0.2, 0.25) is 5.91 Å². The third-order valence-electron chi connectivity index (χ3n) is 5.47. The first-order chi connectivity index (χ1) is 14.6. The van der Waals surface area contributed by atoms with Gasteiger partial charge < -0.3 is 5.11 Å². The molecule has 0 unspecified atom stereocenters. The molecule has 3 aromatic carbocycles. The Kier molecular flexibility index (Phi) is 4.46. The number of para-hydroxylation sites is 2. The zero-order valence-corrected chi connectivity index (χ0v) is 16.4. The number of halogens is 1. The Labute approximate surface area is 177 Å². The molecule has 5 rings (SSSR count). The summed E-state index contributed by atoms with van der Waals surface area (Å²) in [6.45, 7) is 0. The number of phenols is 1. The van der Waals surface area contributed by atoms with Gasteiger partial charge in [0, 0.05) is 10.6 Å². The third kappa shape index (κ3) is 2.84. The topological polar surface area (TPSA) is 70.1 Å². The molecule has 2 aliphatic heterocycles. The minimum absolute atomic E-state index is 0.0397. The predicted octanol–water partition coefficient (Wildman–Crippen LogP) is 4.10. The lowest BCUT2D eigenvalue weighted by molar-refractivity contribution is -0.126. The van der Waals surface area contributed by atoms with Crippen LogP contribution in [0.1, 0.15) is 11.6 Å². The van der Waals surface area contributed by atoms with Gasteiger partial charge in [-0.3, -0.25) is 14.4 Å². The van der Waals surface area contributed by atoms with E-state index in [1.807, 2.05) is 30.3 Å². The number of fused-ring (bicyclic) bond motifs is 1. The number of anilines is 2. The lowest BCUT2D eigenvalue weighted by Crippen LogP contribution is -2.37. The van der Waals surface area contributed by atoms with Crippen molar-refractivity contribution in [3.63, 3.8) is 0 Å². The third-order valence-corrected chi connectivity index (χ3v) is 5.72. The molecule has 2 saturated heterocycles. The summed E-state index contributed by atoms with van der Waals surface area (Å²) in [6.07, 6.45) is -0.988. The minimum Gasteiger partial charge on any atom is -0.508 e. The van der Waals surface area contributed by atoms with E-state index in [9.17, 15) is 14.7 Å². The van der Waals surface area contributed by atoms with Crippen LogP contribution in [0.25, 0.3) is 0 Å². The fourth-order valence-corrected chi connectivity index (χ4v) is 4.24. The van der Waals surface area contributed by atoms with Crippen LogP contribution in [-0.4, -0.2) is 23.0 Å². The van der Waals surface area contributed by atoms with E-state index in [0.29, 0.717) is 22.0 Å². The van der Waals surface area contributed by atoms with Gasteiger partial charge in [0.1, 0.15) is 11.7 Å². The van der Waals surface area contributed by atoms with Crippen LogP contribution in [0.3, 0.4) is 0 Å². The van der Waals surface area contributed by atoms with Crippen molar-refractivity contribution in [3.05, 3.63) is 89.4 Å². The molecule has 2 heterocycles. The summed E-state index contributed by atoms with van der Waals surface area (Å²) in [4.78, 5) is 33.8. The number of hydroxylamine groups is 1. The maximum atomic E-state index is 13.4. The summed E-state index contributed by atoms with van der Waals surface area (Å²) >= 11 is 5.95. The van der Waals surface area contributed by atoms with Gasteiger partial charge in [0.25, 0.3) is 5.91 Å². The molecule has 2 fully saturated rings. The van der Waals surface area contributed by atoms with Crippen LogP contribution >= 0.6 is 11.6 Å². The number of nitrogens with zero attached hydrogens (tertiary/aromatic N) is 2. The first kappa shape index (κ1) is 18.7. The lowest BCUT2D eigenvalue weighted by atomic mass is 9.90. The maximum absolute atomic E-state index is 13.4. The number of aromatic hydroxyl groups is 1. The second-order valence-corrected chi connectivity index (χ2v) is 7.64. The molecule has 0 radical (unpaired) electrons. The van der Waals surface area contributed by atoms with Gasteiger partial charge in [-0.1, -0.05) is 48.0 Å². The summed E-state index contributed by atoms with van der Waals surface area (Å²) in [5.41, 5.74) is 1.65. The highest BCUT2D eigenvalue weighted by Crippen LogP contribution is 2.49. The van der Waals surface area contributed by atoms with Crippen LogP contribution in [0.4, 0.5) is 11.4 Å². The van der Waals surface area contributed by atoms with Crippen LogP contribution in [-0.2, 0) is 14.4 Å². The van der Waals surface area contributed by atoms with Crippen molar-refractivity contribution in [1.29, 1.82) is 0 Å². The Bertz CT molecular complexity index is 1120. The SMILES string of the molecule is O=C1[C@H]2[C@@H](ON(c3ccccc3)[C@H]2c2ccccc2O)C(=O)N1c1ccc(Cl)cc1. The predicted molar refractivity (Wildman–Crippen MR) is 112 cm³/mol. The van der Waals surface area contributed by atoms with Gasteiger partial charge in [0.05, 0.1) is 17.4 Å². The summed E-state index contributed by atoms with van der Waals surface area (Å²) in [7, 11) is 0. The molecular formula is C23H17ClN2O4. The van der Waals surface area contributed by atoms with Crippen LogP contribution in [0.2, 0.25) is 5.02 Å². The van der Waals surface area contributed by atoms with Crippen LogP contribution < -0.4 is 9.96 Å². The molecule has 30 heavy (non-hydrogen) atoms. The normalized spacial score (nSPS) is 23.2. The van der Waals surface area contributed by atoms with Crippen molar-refractivity contribution >= 4 is 34.8 Å². The van der Waals surface area contributed by atoms with E-state index in [0.717, 1.165) is 4.90 Å². The first-order valence-electron chi connectivity index (χ1n) is 9.48. The second-order valence-electron chi connectivity index (χ2n) is 7.21. The van der Waals surface area contributed by atoms with Gasteiger partial charge in [-0.05, 0) is 42.5 Å². The summed E-state index contributed by atoms with van der Waals surface area (Å²) in [6, 6.07) is 21.9. The monoisotopic (exact) mass is 420 g/mol. The molecule has 0 saturated carbocycles. The van der Waals surface area contributed by atoms with Crippen molar-refractivity contribution in [2.45, 2.75) is 12.1 Å². The Morgan fingerprint density at radius 2 is 1.47 bits per heavy atom. The Balaban J connectivity index is 1.60. The van der Waals surface area contributed by atoms with Gasteiger partial charge in [-0.25, -0.2) is 9.96 Å². The number of rotatable bonds is 3. The average Bonchev–Trinajstić information content (AvgIpc) is 3.26. The molecule has 6 nitrogen and oxygen atoms in total. The van der Waals surface area contributed by atoms with Crippen molar-refractivity contribution in [2.24, 2.45) is 5.92 Å². The zero-order valence-electron chi connectivity index (χ0n) is 15.7. The van der Waals surface area contributed by atoms with Crippen LogP contribution in [0.5, 0.6) is 5.75 Å². The molecule has 0 spiro atoms. The Morgan fingerprint density at radius 3 is 2.17 bits per heavy atom. The van der Waals surface area contributed by atoms with Crippen LogP contribution in [0, 0.1) is 5.92 Å².